The number of carbonyl (C=O) groups excluding carboxylic acids is 1. The van der Waals surface area contributed by atoms with Gasteiger partial charge in [0.2, 0.25) is 5.91 Å². The van der Waals surface area contributed by atoms with Gasteiger partial charge < -0.3 is 9.80 Å². The number of piperazine rings is 1. The molecule has 8 heteroatoms. The molecule has 0 spiro atoms. The van der Waals surface area contributed by atoms with Gasteiger partial charge in [-0.15, -0.1) is 11.3 Å². The lowest BCUT2D eigenvalue weighted by molar-refractivity contribution is -0.384. The molecule has 5 rings (SSSR count). The smallest absolute Gasteiger partial charge is 0.292 e. The van der Waals surface area contributed by atoms with Crippen molar-refractivity contribution < 1.29 is 9.72 Å². The van der Waals surface area contributed by atoms with Crippen molar-refractivity contribution in [1.29, 1.82) is 0 Å². The number of thiazole rings is 1. The zero-order valence-corrected chi connectivity index (χ0v) is 18.4. The number of para-hydroxylation sites is 3. The van der Waals surface area contributed by atoms with Crippen LogP contribution in [0.3, 0.4) is 0 Å². The van der Waals surface area contributed by atoms with Crippen LogP contribution in [-0.4, -0.2) is 46.9 Å². The van der Waals surface area contributed by atoms with Crippen molar-refractivity contribution in [3.05, 3.63) is 75.8 Å². The van der Waals surface area contributed by atoms with Gasteiger partial charge >= 0.3 is 0 Å². The number of nitro benzene ring substituents is 1. The molecule has 0 radical (unpaired) electrons. The molecule has 164 valence electrons. The minimum atomic E-state index is -0.343. The molecule has 0 N–H and O–H groups in total. The Morgan fingerprint density at radius 2 is 1.72 bits per heavy atom. The molecule has 3 aromatic rings. The van der Waals surface area contributed by atoms with Crippen LogP contribution in [0, 0.1) is 16.0 Å². The molecule has 2 aliphatic rings. The number of aromatic nitrogens is 1. The molecule has 0 bridgehead atoms. The van der Waals surface area contributed by atoms with Crippen molar-refractivity contribution in [2.24, 2.45) is 5.92 Å². The van der Waals surface area contributed by atoms with E-state index in [0.717, 1.165) is 28.1 Å². The lowest BCUT2D eigenvalue weighted by Gasteiger charge is -2.38. The average molecular weight is 449 g/mol. The molecule has 1 aliphatic carbocycles. The van der Waals surface area contributed by atoms with Gasteiger partial charge in [0.1, 0.15) is 5.69 Å². The number of amides is 1. The van der Waals surface area contributed by atoms with Crippen LogP contribution >= 0.6 is 11.3 Å². The maximum absolute atomic E-state index is 13.5. The van der Waals surface area contributed by atoms with E-state index in [0.29, 0.717) is 31.9 Å². The minimum absolute atomic E-state index is 0.0955. The fraction of sp³-hybridized carbons (Fsp3) is 0.333. The third kappa shape index (κ3) is 3.86. The molecule has 2 aromatic carbocycles. The SMILES string of the molecule is O=C(C1CC=CCC1c1nc2ccccc2s1)N1CCN(c2ccccc2[N+](=O)[O-])CC1. The summed E-state index contributed by atoms with van der Waals surface area (Å²) in [7, 11) is 0. The zero-order chi connectivity index (χ0) is 22.1. The standard InChI is InChI=1S/C24H24N4O3S/c29-24(27-15-13-26(14-16-27)20-10-4-5-11-21(20)28(30)31)18-8-2-1-7-17(18)23-25-19-9-3-6-12-22(19)32-23/h1-6,9-12,17-18H,7-8,13-16H2. The Labute approximate surface area is 190 Å². The van der Waals surface area contributed by atoms with E-state index in [4.69, 9.17) is 4.98 Å². The molecule has 7 nitrogen and oxygen atoms in total. The molecule has 0 saturated carbocycles. The first kappa shape index (κ1) is 20.6. The topological polar surface area (TPSA) is 79.6 Å². The van der Waals surface area contributed by atoms with E-state index >= 15 is 0 Å². The molecule has 1 amide bonds. The summed E-state index contributed by atoms with van der Waals surface area (Å²) in [5, 5.41) is 12.4. The predicted octanol–water partition coefficient (Wildman–Crippen LogP) is 4.60. The summed E-state index contributed by atoms with van der Waals surface area (Å²) in [6.07, 6.45) is 5.82. The Morgan fingerprint density at radius 1 is 1.00 bits per heavy atom. The van der Waals surface area contributed by atoms with E-state index in [9.17, 15) is 14.9 Å². The van der Waals surface area contributed by atoms with E-state index in [1.807, 2.05) is 34.1 Å². The number of benzene rings is 2. The molecule has 1 fully saturated rings. The Balaban J connectivity index is 1.31. The second kappa shape index (κ2) is 8.70. The van der Waals surface area contributed by atoms with E-state index < -0.39 is 0 Å². The number of nitrogens with zero attached hydrogens (tertiary/aromatic N) is 4. The van der Waals surface area contributed by atoms with Crippen LogP contribution in [0.15, 0.2) is 60.7 Å². The monoisotopic (exact) mass is 448 g/mol. The second-order valence-corrected chi connectivity index (χ2v) is 9.30. The highest BCUT2D eigenvalue weighted by Gasteiger charge is 2.36. The number of fused-ring (bicyclic) bond motifs is 1. The normalized spacial score (nSPS) is 21.1. The van der Waals surface area contributed by atoms with Gasteiger partial charge in [-0.3, -0.25) is 14.9 Å². The summed E-state index contributed by atoms with van der Waals surface area (Å²) in [5.74, 6) is 0.150. The maximum atomic E-state index is 13.5. The van der Waals surface area contributed by atoms with Gasteiger partial charge in [0.15, 0.2) is 0 Å². The first-order valence-electron chi connectivity index (χ1n) is 10.9. The van der Waals surface area contributed by atoms with Gasteiger partial charge in [0.05, 0.1) is 26.1 Å². The Bertz CT molecular complexity index is 1150. The van der Waals surface area contributed by atoms with Crippen molar-refractivity contribution in [2.75, 3.05) is 31.1 Å². The zero-order valence-electron chi connectivity index (χ0n) is 17.6. The van der Waals surface area contributed by atoms with Crippen LogP contribution in [0.25, 0.3) is 10.2 Å². The number of anilines is 1. The Kier molecular flexibility index (Phi) is 5.61. The third-order valence-electron chi connectivity index (χ3n) is 6.39. The lowest BCUT2D eigenvalue weighted by atomic mass is 9.82. The summed E-state index contributed by atoms with van der Waals surface area (Å²) in [6, 6.07) is 14.9. The summed E-state index contributed by atoms with van der Waals surface area (Å²) in [4.78, 5) is 33.3. The van der Waals surface area contributed by atoms with Crippen LogP contribution < -0.4 is 4.90 Å². The molecule has 1 aliphatic heterocycles. The number of rotatable bonds is 4. The van der Waals surface area contributed by atoms with Crippen molar-refractivity contribution in [1.82, 2.24) is 9.88 Å². The fourth-order valence-electron chi connectivity index (χ4n) is 4.70. The summed E-state index contributed by atoms with van der Waals surface area (Å²) < 4.78 is 1.15. The highest BCUT2D eigenvalue weighted by atomic mass is 32.1. The molecule has 2 heterocycles. The maximum Gasteiger partial charge on any atom is 0.292 e. The third-order valence-corrected chi connectivity index (χ3v) is 7.56. The van der Waals surface area contributed by atoms with Crippen molar-refractivity contribution in [3.63, 3.8) is 0 Å². The van der Waals surface area contributed by atoms with Crippen LogP contribution in [0.1, 0.15) is 23.8 Å². The fourth-order valence-corrected chi connectivity index (χ4v) is 5.84. The van der Waals surface area contributed by atoms with Gasteiger partial charge in [-0.05, 0) is 31.0 Å². The van der Waals surface area contributed by atoms with Crippen LogP contribution in [-0.2, 0) is 4.79 Å². The predicted molar refractivity (Wildman–Crippen MR) is 126 cm³/mol. The quantitative estimate of drug-likeness (QED) is 0.331. The highest BCUT2D eigenvalue weighted by Crippen LogP contribution is 2.39. The number of carbonyl (C=O) groups is 1. The summed E-state index contributed by atoms with van der Waals surface area (Å²) >= 11 is 1.69. The number of hydrogen-bond donors (Lipinski definition) is 0. The highest BCUT2D eigenvalue weighted by molar-refractivity contribution is 7.18. The summed E-state index contributed by atoms with van der Waals surface area (Å²) in [5.41, 5.74) is 1.73. The summed E-state index contributed by atoms with van der Waals surface area (Å²) in [6.45, 7) is 2.31. The number of hydrogen-bond acceptors (Lipinski definition) is 6. The van der Waals surface area contributed by atoms with Gasteiger partial charge in [0.25, 0.3) is 5.69 Å². The first-order valence-corrected chi connectivity index (χ1v) is 11.7. The van der Waals surface area contributed by atoms with Crippen LogP contribution in [0.5, 0.6) is 0 Å². The minimum Gasteiger partial charge on any atom is -0.362 e. The van der Waals surface area contributed by atoms with E-state index in [1.165, 1.54) is 6.07 Å². The molecule has 1 saturated heterocycles. The molecular weight excluding hydrogens is 424 g/mol. The largest absolute Gasteiger partial charge is 0.362 e. The second-order valence-electron chi connectivity index (χ2n) is 8.23. The van der Waals surface area contributed by atoms with Gasteiger partial charge in [0, 0.05) is 38.2 Å². The Hall–Kier alpha value is -3.26. The van der Waals surface area contributed by atoms with Crippen molar-refractivity contribution in [3.8, 4) is 0 Å². The Morgan fingerprint density at radius 3 is 2.50 bits per heavy atom. The molecule has 1 aromatic heterocycles. The van der Waals surface area contributed by atoms with Gasteiger partial charge in [-0.25, -0.2) is 4.98 Å². The lowest BCUT2D eigenvalue weighted by Crippen LogP contribution is -2.51. The average Bonchev–Trinajstić information content (AvgIpc) is 3.28. The van der Waals surface area contributed by atoms with E-state index in [1.54, 1.807) is 23.5 Å². The van der Waals surface area contributed by atoms with Gasteiger partial charge in [-0.2, -0.15) is 0 Å². The van der Waals surface area contributed by atoms with Crippen molar-refractivity contribution in [2.45, 2.75) is 18.8 Å². The van der Waals surface area contributed by atoms with Crippen LogP contribution in [0.2, 0.25) is 0 Å². The first-order chi connectivity index (χ1) is 15.6. The molecular formula is C24H24N4O3S. The van der Waals surface area contributed by atoms with Crippen LogP contribution in [0.4, 0.5) is 11.4 Å². The van der Waals surface area contributed by atoms with Gasteiger partial charge in [-0.1, -0.05) is 36.4 Å². The van der Waals surface area contributed by atoms with Crippen molar-refractivity contribution >= 4 is 38.8 Å². The van der Waals surface area contributed by atoms with E-state index in [2.05, 4.69) is 18.2 Å². The molecule has 2 unspecified atom stereocenters. The molecule has 2 atom stereocenters. The van der Waals surface area contributed by atoms with E-state index in [-0.39, 0.29) is 28.4 Å². The number of nitro groups is 1. The number of allylic oxidation sites excluding steroid dienone is 2. The molecule has 32 heavy (non-hydrogen) atoms.